The summed E-state index contributed by atoms with van der Waals surface area (Å²) in [5.74, 6) is -0.859. The Hall–Kier alpha value is -3.32. The minimum absolute atomic E-state index is 0.313. The molecule has 1 aliphatic rings. The maximum absolute atomic E-state index is 12.8. The van der Waals surface area contributed by atoms with Crippen LogP contribution in [0, 0.1) is 6.92 Å². The van der Waals surface area contributed by atoms with Crippen molar-refractivity contribution in [1.82, 2.24) is 9.47 Å². The summed E-state index contributed by atoms with van der Waals surface area (Å²) in [5.41, 5.74) is 3.65. The first-order chi connectivity index (χ1) is 14.5. The molecule has 152 valence electrons. The number of aromatic nitrogens is 1. The third-order valence-corrected chi connectivity index (χ3v) is 5.86. The van der Waals surface area contributed by atoms with Crippen molar-refractivity contribution in [2.45, 2.75) is 20.4 Å². The monoisotopic (exact) mass is 419 g/mol. The van der Waals surface area contributed by atoms with Gasteiger partial charge in [0, 0.05) is 34.9 Å². The summed E-state index contributed by atoms with van der Waals surface area (Å²) in [7, 11) is 0. The lowest BCUT2D eigenvalue weighted by Crippen LogP contribution is -2.36. The van der Waals surface area contributed by atoms with Gasteiger partial charge in [0.1, 0.15) is 6.54 Å². The number of imide groups is 1. The first-order valence-electron chi connectivity index (χ1n) is 9.66. The number of hydrogen-bond acceptors (Lipinski definition) is 4. The van der Waals surface area contributed by atoms with Gasteiger partial charge in [-0.15, -0.1) is 0 Å². The van der Waals surface area contributed by atoms with Crippen LogP contribution < -0.4 is 5.32 Å². The lowest BCUT2D eigenvalue weighted by molar-refractivity contribution is -0.127. The topological polar surface area (TPSA) is 71.4 Å². The Morgan fingerprint density at radius 1 is 1.10 bits per heavy atom. The van der Waals surface area contributed by atoms with Crippen molar-refractivity contribution < 1.29 is 14.4 Å². The molecule has 2 heterocycles. The number of anilines is 1. The molecule has 3 aromatic rings. The number of aryl methyl sites for hydroxylation is 2. The second-order valence-corrected chi connectivity index (χ2v) is 8.06. The fourth-order valence-electron chi connectivity index (χ4n) is 3.41. The predicted molar refractivity (Wildman–Crippen MR) is 120 cm³/mol. The number of thioether (sulfide) groups is 1. The molecule has 0 atom stereocenters. The van der Waals surface area contributed by atoms with Gasteiger partial charge in [-0.2, -0.15) is 0 Å². The summed E-state index contributed by atoms with van der Waals surface area (Å²) in [6.45, 7) is 4.49. The van der Waals surface area contributed by atoms with Crippen LogP contribution in [0.4, 0.5) is 10.5 Å². The van der Waals surface area contributed by atoms with Gasteiger partial charge in [-0.25, -0.2) is 0 Å². The molecule has 30 heavy (non-hydrogen) atoms. The Balaban J connectivity index is 1.53. The number of carbonyl (C=O) groups excluding carboxylic acids is 3. The van der Waals surface area contributed by atoms with Crippen LogP contribution in [-0.2, 0) is 16.1 Å². The van der Waals surface area contributed by atoms with E-state index < -0.39 is 17.1 Å². The molecule has 7 heteroatoms. The van der Waals surface area contributed by atoms with E-state index in [0.717, 1.165) is 45.2 Å². The van der Waals surface area contributed by atoms with Crippen LogP contribution in [0.1, 0.15) is 18.1 Å². The summed E-state index contributed by atoms with van der Waals surface area (Å²) >= 11 is 0.862. The third kappa shape index (κ3) is 3.89. The normalized spacial score (nSPS) is 15.4. The molecule has 0 unspecified atom stereocenters. The number of rotatable bonds is 5. The quantitative estimate of drug-likeness (QED) is 0.612. The number of fused-ring (bicyclic) bond motifs is 1. The molecule has 0 aliphatic carbocycles. The highest BCUT2D eigenvalue weighted by Crippen LogP contribution is 2.34. The van der Waals surface area contributed by atoms with Gasteiger partial charge in [0.2, 0.25) is 5.91 Å². The van der Waals surface area contributed by atoms with Gasteiger partial charge < -0.3 is 9.88 Å². The molecule has 3 amide bonds. The highest BCUT2D eigenvalue weighted by Gasteiger charge is 2.36. The standard InChI is InChI=1S/C23H21N3O3S/c1-3-25-13-16(18-6-4-5-7-19(18)25)12-20-22(28)26(23(29)30-20)14-21(27)24-17-10-8-15(2)9-11-17/h4-13H,3,14H2,1-2H3,(H,24,27). The first kappa shape index (κ1) is 20.0. The zero-order chi connectivity index (χ0) is 21.3. The van der Waals surface area contributed by atoms with E-state index in [9.17, 15) is 14.4 Å². The summed E-state index contributed by atoms with van der Waals surface area (Å²) < 4.78 is 2.10. The highest BCUT2D eigenvalue weighted by atomic mass is 32.2. The van der Waals surface area contributed by atoms with Gasteiger partial charge in [-0.1, -0.05) is 35.9 Å². The number of benzene rings is 2. The molecule has 0 bridgehead atoms. The van der Waals surface area contributed by atoms with Gasteiger partial charge in [0.25, 0.3) is 11.1 Å². The van der Waals surface area contributed by atoms with Gasteiger partial charge >= 0.3 is 0 Å². The SMILES string of the molecule is CCn1cc(C=C2SC(=O)N(CC(=O)Nc3ccc(C)cc3)C2=O)c2ccccc21. The molecular weight excluding hydrogens is 398 g/mol. The average molecular weight is 420 g/mol. The van der Waals surface area contributed by atoms with Crippen molar-refractivity contribution >= 4 is 51.5 Å². The number of nitrogens with one attached hydrogen (secondary N) is 1. The molecule has 1 fully saturated rings. The maximum Gasteiger partial charge on any atom is 0.294 e. The zero-order valence-electron chi connectivity index (χ0n) is 16.7. The Kier molecular flexibility index (Phi) is 5.46. The van der Waals surface area contributed by atoms with Crippen molar-refractivity contribution in [2.24, 2.45) is 0 Å². The third-order valence-electron chi connectivity index (χ3n) is 4.96. The van der Waals surface area contributed by atoms with E-state index in [2.05, 4.69) is 16.8 Å². The van der Waals surface area contributed by atoms with Crippen molar-refractivity contribution in [2.75, 3.05) is 11.9 Å². The second-order valence-electron chi connectivity index (χ2n) is 7.07. The lowest BCUT2D eigenvalue weighted by Gasteiger charge is -2.12. The van der Waals surface area contributed by atoms with Crippen molar-refractivity contribution in [3.8, 4) is 0 Å². The average Bonchev–Trinajstić information content (AvgIpc) is 3.22. The number of para-hydroxylation sites is 1. The van der Waals surface area contributed by atoms with Crippen LogP contribution in [-0.4, -0.2) is 33.1 Å². The Morgan fingerprint density at radius 2 is 1.83 bits per heavy atom. The minimum atomic E-state index is -0.447. The Morgan fingerprint density at radius 3 is 2.57 bits per heavy atom. The second kappa shape index (κ2) is 8.20. The van der Waals surface area contributed by atoms with Gasteiger partial charge in [0.15, 0.2) is 0 Å². The Labute approximate surface area is 178 Å². The van der Waals surface area contributed by atoms with E-state index in [1.54, 1.807) is 18.2 Å². The molecule has 0 radical (unpaired) electrons. The fraction of sp³-hybridized carbons (Fsp3) is 0.174. The maximum atomic E-state index is 12.8. The van der Waals surface area contributed by atoms with Crippen molar-refractivity contribution in [3.63, 3.8) is 0 Å². The minimum Gasteiger partial charge on any atom is -0.347 e. The fourth-order valence-corrected chi connectivity index (χ4v) is 4.24. The smallest absolute Gasteiger partial charge is 0.294 e. The van der Waals surface area contributed by atoms with Crippen LogP contribution >= 0.6 is 11.8 Å². The summed E-state index contributed by atoms with van der Waals surface area (Å²) in [5, 5.41) is 3.30. The van der Waals surface area contributed by atoms with Crippen LogP contribution in [0.3, 0.4) is 0 Å². The number of carbonyl (C=O) groups is 3. The summed E-state index contributed by atoms with van der Waals surface area (Å²) in [6, 6.07) is 15.3. The molecule has 0 spiro atoms. The number of amides is 3. The molecule has 4 rings (SSSR count). The van der Waals surface area contributed by atoms with E-state index in [4.69, 9.17) is 0 Å². The van der Waals surface area contributed by atoms with Gasteiger partial charge in [0.05, 0.1) is 4.91 Å². The lowest BCUT2D eigenvalue weighted by atomic mass is 10.1. The molecule has 1 aliphatic heterocycles. The first-order valence-corrected chi connectivity index (χ1v) is 10.5. The number of hydrogen-bond donors (Lipinski definition) is 1. The van der Waals surface area contributed by atoms with Crippen LogP contribution in [0.15, 0.2) is 59.6 Å². The predicted octanol–water partition coefficient (Wildman–Crippen LogP) is 4.64. The Bertz CT molecular complexity index is 1180. The van der Waals surface area contributed by atoms with Crippen LogP contribution in [0.2, 0.25) is 0 Å². The zero-order valence-corrected chi connectivity index (χ0v) is 17.5. The largest absolute Gasteiger partial charge is 0.347 e. The van der Waals surface area contributed by atoms with E-state index in [1.165, 1.54) is 0 Å². The van der Waals surface area contributed by atoms with Gasteiger partial charge in [-0.3, -0.25) is 19.3 Å². The molecule has 1 saturated heterocycles. The van der Waals surface area contributed by atoms with E-state index >= 15 is 0 Å². The van der Waals surface area contributed by atoms with Crippen molar-refractivity contribution in [3.05, 3.63) is 70.8 Å². The van der Waals surface area contributed by atoms with Gasteiger partial charge in [-0.05, 0) is 49.9 Å². The van der Waals surface area contributed by atoms with E-state index in [0.29, 0.717) is 10.6 Å². The molecule has 1 N–H and O–H groups in total. The van der Waals surface area contributed by atoms with E-state index in [1.807, 2.05) is 49.5 Å². The molecular formula is C23H21N3O3S. The number of nitrogens with zero attached hydrogens (tertiary/aromatic N) is 2. The highest BCUT2D eigenvalue weighted by molar-refractivity contribution is 8.18. The molecule has 6 nitrogen and oxygen atoms in total. The summed E-state index contributed by atoms with van der Waals surface area (Å²) in [6.07, 6.45) is 3.71. The molecule has 1 aromatic heterocycles. The summed E-state index contributed by atoms with van der Waals surface area (Å²) in [4.78, 5) is 38.8. The van der Waals surface area contributed by atoms with E-state index in [-0.39, 0.29) is 6.54 Å². The van der Waals surface area contributed by atoms with Crippen LogP contribution in [0.25, 0.3) is 17.0 Å². The molecule has 2 aromatic carbocycles. The van der Waals surface area contributed by atoms with Crippen LogP contribution in [0.5, 0.6) is 0 Å². The van der Waals surface area contributed by atoms with Crippen molar-refractivity contribution in [1.29, 1.82) is 0 Å². The molecule has 0 saturated carbocycles.